The van der Waals surface area contributed by atoms with Crippen LogP contribution in [0.15, 0.2) is 18.2 Å². The Bertz CT molecular complexity index is 398. The molecular weight excluding hydrogens is 239 g/mol. The standard InChI is InChI=1S/C12H17FN2OS/c1-8(5-16)6-17-7-10-3-2-9(12(14)15)4-11(10)13/h2-4,8,16H,5-7H2,1H3,(H3,14,15). The monoisotopic (exact) mass is 256 g/mol. The summed E-state index contributed by atoms with van der Waals surface area (Å²) in [5, 5.41) is 16.1. The lowest BCUT2D eigenvalue weighted by molar-refractivity contribution is 0.250. The molecule has 1 rings (SSSR count). The van der Waals surface area contributed by atoms with E-state index in [4.69, 9.17) is 16.2 Å². The average molecular weight is 256 g/mol. The average Bonchev–Trinajstić information content (AvgIpc) is 2.30. The summed E-state index contributed by atoms with van der Waals surface area (Å²) in [5.74, 6) is 1.12. The molecule has 0 fully saturated rings. The molecule has 0 spiro atoms. The molecule has 0 bridgehead atoms. The van der Waals surface area contributed by atoms with Crippen molar-refractivity contribution in [3.8, 4) is 0 Å². The highest BCUT2D eigenvalue weighted by atomic mass is 32.2. The van der Waals surface area contributed by atoms with Gasteiger partial charge in [-0.15, -0.1) is 0 Å². The summed E-state index contributed by atoms with van der Waals surface area (Å²) in [5.41, 5.74) is 6.28. The predicted octanol–water partition coefficient (Wildman–Crippen LogP) is 1.97. The Labute approximate surface area is 105 Å². The van der Waals surface area contributed by atoms with E-state index in [2.05, 4.69) is 0 Å². The molecule has 5 heteroatoms. The summed E-state index contributed by atoms with van der Waals surface area (Å²) in [6.45, 7) is 2.10. The highest BCUT2D eigenvalue weighted by Crippen LogP contribution is 2.19. The number of thioether (sulfide) groups is 1. The number of amidine groups is 1. The maximum absolute atomic E-state index is 13.6. The van der Waals surface area contributed by atoms with Crippen LogP contribution in [0.3, 0.4) is 0 Å². The van der Waals surface area contributed by atoms with Crippen LogP contribution < -0.4 is 5.73 Å². The SMILES string of the molecule is CC(CO)CSCc1ccc(C(=N)N)cc1F. The van der Waals surface area contributed by atoms with E-state index in [1.54, 1.807) is 23.9 Å². The molecular formula is C12H17FN2OS. The van der Waals surface area contributed by atoms with E-state index in [0.717, 1.165) is 5.75 Å². The second kappa shape index (κ2) is 6.61. The quantitative estimate of drug-likeness (QED) is 0.538. The summed E-state index contributed by atoms with van der Waals surface area (Å²) >= 11 is 1.58. The Morgan fingerprint density at radius 2 is 2.29 bits per heavy atom. The molecule has 0 saturated carbocycles. The first-order valence-corrected chi connectivity index (χ1v) is 6.51. The van der Waals surface area contributed by atoms with Gasteiger partial charge in [0.15, 0.2) is 0 Å². The molecule has 1 aromatic carbocycles. The minimum atomic E-state index is -0.332. The fourth-order valence-corrected chi connectivity index (χ4v) is 2.33. The Morgan fingerprint density at radius 3 is 2.82 bits per heavy atom. The lowest BCUT2D eigenvalue weighted by atomic mass is 10.1. The molecule has 0 amide bonds. The highest BCUT2D eigenvalue weighted by Gasteiger charge is 2.06. The van der Waals surface area contributed by atoms with E-state index >= 15 is 0 Å². The minimum absolute atomic E-state index is 0.128. The summed E-state index contributed by atoms with van der Waals surface area (Å²) < 4.78 is 13.6. The Kier molecular flexibility index (Phi) is 5.44. The molecule has 0 aliphatic heterocycles. The lowest BCUT2D eigenvalue weighted by Gasteiger charge is -2.08. The Morgan fingerprint density at radius 1 is 1.59 bits per heavy atom. The van der Waals surface area contributed by atoms with E-state index in [0.29, 0.717) is 16.9 Å². The molecule has 1 aromatic rings. The van der Waals surface area contributed by atoms with Crippen molar-refractivity contribution in [2.24, 2.45) is 11.7 Å². The van der Waals surface area contributed by atoms with Gasteiger partial charge in [0.05, 0.1) is 0 Å². The van der Waals surface area contributed by atoms with Crippen molar-refractivity contribution >= 4 is 17.6 Å². The van der Waals surface area contributed by atoms with Gasteiger partial charge in [-0.2, -0.15) is 11.8 Å². The minimum Gasteiger partial charge on any atom is -0.396 e. The van der Waals surface area contributed by atoms with Crippen LogP contribution in [0.25, 0.3) is 0 Å². The van der Waals surface area contributed by atoms with Crippen LogP contribution in [0.5, 0.6) is 0 Å². The summed E-state index contributed by atoms with van der Waals surface area (Å²) in [6, 6.07) is 4.59. The first-order valence-electron chi connectivity index (χ1n) is 5.36. The number of aliphatic hydroxyl groups excluding tert-OH is 1. The lowest BCUT2D eigenvalue weighted by Crippen LogP contribution is -2.11. The van der Waals surface area contributed by atoms with Gasteiger partial charge in [-0.25, -0.2) is 4.39 Å². The van der Waals surface area contributed by atoms with Crippen molar-refractivity contribution < 1.29 is 9.50 Å². The normalized spacial score (nSPS) is 12.4. The van der Waals surface area contributed by atoms with Crippen LogP contribution in [0, 0.1) is 17.1 Å². The molecule has 4 N–H and O–H groups in total. The van der Waals surface area contributed by atoms with Gasteiger partial charge in [-0.1, -0.05) is 19.1 Å². The van der Waals surface area contributed by atoms with E-state index in [1.807, 2.05) is 6.92 Å². The molecule has 0 aromatic heterocycles. The van der Waals surface area contributed by atoms with Crippen LogP contribution in [-0.2, 0) is 5.75 Å². The van der Waals surface area contributed by atoms with Crippen LogP contribution in [0.1, 0.15) is 18.1 Å². The Hall–Kier alpha value is -1.07. The van der Waals surface area contributed by atoms with Gasteiger partial charge >= 0.3 is 0 Å². The van der Waals surface area contributed by atoms with Crippen molar-refractivity contribution in [1.29, 1.82) is 5.41 Å². The maximum atomic E-state index is 13.6. The number of nitrogens with two attached hydrogens (primary N) is 1. The molecule has 0 saturated heterocycles. The zero-order valence-corrected chi connectivity index (χ0v) is 10.6. The van der Waals surface area contributed by atoms with E-state index < -0.39 is 0 Å². The molecule has 0 aliphatic carbocycles. The van der Waals surface area contributed by atoms with Gasteiger partial charge in [-0.05, 0) is 23.3 Å². The fraction of sp³-hybridized carbons (Fsp3) is 0.417. The molecule has 0 radical (unpaired) electrons. The van der Waals surface area contributed by atoms with Gasteiger partial charge in [0, 0.05) is 17.9 Å². The molecule has 0 aliphatic rings. The zero-order valence-electron chi connectivity index (χ0n) is 9.74. The molecule has 17 heavy (non-hydrogen) atoms. The van der Waals surface area contributed by atoms with Crippen molar-refractivity contribution in [2.75, 3.05) is 12.4 Å². The van der Waals surface area contributed by atoms with Crippen LogP contribution in [-0.4, -0.2) is 23.3 Å². The number of nitrogen functional groups attached to an aromatic ring is 1. The summed E-state index contributed by atoms with van der Waals surface area (Å²) in [6.07, 6.45) is 0. The van der Waals surface area contributed by atoms with Gasteiger partial charge in [0.2, 0.25) is 0 Å². The third kappa shape index (κ3) is 4.36. The van der Waals surface area contributed by atoms with Crippen molar-refractivity contribution in [3.63, 3.8) is 0 Å². The largest absolute Gasteiger partial charge is 0.396 e. The number of halogens is 1. The van der Waals surface area contributed by atoms with Crippen molar-refractivity contribution in [3.05, 3.63) is 35.1 Å². The first kappa shape index (κ1) is 14.0. The third-order valence-corrected chi connectivity index (χ3v) is 3.66. The van der Waals surface area contributed by atoms with Crippen LogP contribution >= 0.6 is 11.8 Å². The number of aliphatic hydroxyl groups is 1. The van der Waals surface area contributed by atoms with Gasteiger partial charge in [-0.3, -0.25) is 5.41 Å². The zero-order chi connectivity index (χ0) is 12.8. The second-order valence-electron chi connectivity index (χ2n) is 4.02. The van der Waals surface area contributed by atoms with Crippen LogP contribution in [0.2, 0.25) is 0 Å². The van der Waals surface area contributed by atoms with E-state index in [-0.39, 0.29) is 24.2 Å². The van der Waals surface area contributed by atoms with Gasteiger partial charge in [0.1, 0.15) is 11.7 Å². The van der Waals surface area contributed by atoms with Gasteiger partial charge in [0.25, 0.3) is 0 Å². The number of hydrogen-bond acceptors (Lipinski definition) is 3. The molecule has 0 heterocycles. The maximum Gasteiger partial charge on any atom is 0.127 e. The van der Waals surface area contributed by atoms with E-state index in [1.165, 1.54) is 6.07 Å². The number of nitrogens with one attached hydrogen (secondary N) is 1. The van der Waals surface area contributed by atoms with Crippen molar-refractivity contribution in [2.45, 2.75) is 12.7 Å². The second-order valence-corrected chi connectivity index (χ2v) is 5.05. The number of hydrogen-bond donors (Lipinski definition) is 3. The molecule has 3 nitrogen and oxygen atoms in total. The highest BCUT2D eigenvalue weighted by molar-refractivity contribution is 7.98. The summed E-state index contributed by atoms with van der Waals surface area (Å²) in [4.78, 5) is 0. The topological polar surface area (TPSA) is 70.1 Å². The summed E-state index contributed by atoms with van der Waals surface area (Å²) in [7, 11) is 0. The van der Waals surface area contributed by atoms with E-state index in [9.17, 15) is 4.39 Å². The smallest absolute Gasteiger partial charge is 0.127 e. The molecule has 1 unspecified atom stereocenters. The van der Waals surface area contributed by atoms with Gasteiger partial charge < -0.3 is 10.8 Å². The predicted molar refractivity (Wildman–Crippen MR) is 69.8 cm³/mol. The Balaban J connectivity index is 2.57. The first-order chi connectivity index (χ1) is 8.04. The number of benzene rings is 1. The third-order valence-electron chi connectivity index (χ3n) is 2.34. The molecule has 1 atom stereocenters. The van der Waals surface area contributed by atoms with Crippen LogP contribution in [0.4, 0.5) is 4.39 Å². The fourth-order valence-electron chi connectivity index (χ4n) is 1.25. The van der Waals surface area contributed by atoms with Crippen molar-refractivity contribution in [1.82, 2.24) is 0 Å². The molecule has 94 valence electrons. The number of rotatable bonds is 6.